The summed E-state index contributed by atoms with van der Waals surface area (Å²) in [4.78, 5) is 51.1. The van der Waals surface area contributed by atoms with Crippen molar-refractivity contribution in [1.82, 2.24) is 20.1 Å². The van der Waals surface area contributed by atoms with Crippen LogP contribution in [0.4, 0.5) is 5.69 Å². The van der Waals surface area contributed by atoms with E-state index in [2.05, 4.69) is 14.9 Å². The summed E-state index contributed by atoms with van der Waals surface area (Å²) in [7, 11) is 0. The zero-order chi connectivity index (χ0) is 23.9. The smallest absolute Gasteiger partial charge is 0.300 e. The summed E-state index contributed by atoms with van der Waals surface area (Å²) < 4.78 is 4.59. The lowest BCUT2D eigenvalue weighted by molar-refractivity contribution is -0.383. The van der Waals surface area contributed by atoms with Gasteiger partial charge in [0.05, 0.1) is 10.5 Å². The third kappa shape index (κ3) is 3.79. The number of piperazine rings is 1. The van der Waals surface area contributed by atoms with Gasteiger partial charge in [0.1, 0.15) is 0 Å². The van der Waals surface area contributed by atoms with Gasteiger partial charge in [-0.1, -0.05) is 0 Å². The summed E-state index contributed by atoms with van der Waals surface area (Å²) in [5.74, 6) is -2.46. The zero-order valence-corrected chi connectivity index (χ0v) is 17.2. The topological polar surface area (TPSA) is 180 Å². The van der Waals surface area contributed by atoms with Crippen LogP contribution in [0, 0.1) is 17.0 Å². The molecule has 4 rings (SSSR count). The molecule has 13 nitrogen and oxygen atoms in total. The number of hydrogen-bond donors (Lipinski definition) is 2. The summed E-state index contributed by atoms with van der Waals surface area (Å²) in [6, 6.07) is 4.54. The maximum atomic E-state index is 13.0. The molecule has 0 radical (unpaired) electrons. The number of rotatable bonds is 3. The van der Waals surface area contributed by atoms with Crippen molar-refractivity contribution < 1.29 is 29.4 Å². The van der Waals surface area contributed by atoms with Gasteiger partial charge in [-0.15, -0.1) is 0 Å². The molecule has 1 aliphatic heterocycles. The summed E-state index contributed by atoms with van der Waals surface area (Å²) in [6.07, 6.45) is 0. The molecule has 170 valence electrons. The van der Waals surface area contributed by atoms with E-state index in [1.165, 1.54) is 22.8 Å². The first-order valence-corrected chi connectivity index (χ1v) is 9.74. The molecule has 0 aliphatic carbocycles. The van der Waals surface area contributed by atoms with Crippen LogP contribution in [0.1, 0.15) is 26.3 Å². The van der Waals surface area contributed by atoms with Crippen molar-refractivity contribution in [1.29, 1.82) is 0 Å². The largest absolute Gasteiger partial charge is 0.504 e. The Bertz CT molecular complexity index is 1360. The molecule has 13 heteroatoms. The van der Waals surface area contributed by atoms with E-state index in [0.29, 0.717) is 0 Å². The summed E-state index contributed by atoms with van der Waals surface area (Å²) in [6.45, 7) is 2.16. The normalized spacial score (nSPS) is 13.8. The van der Waals surface area contributed by atoms with Crippen LogP contribution in [0.15, 0.2) is 33.7 Å². The van der Waals surface area contributed by atoms with E-state index < -0.39 is 33.7 Å². The number of aromatic hydroxyl groups is 2. The highest BCUT2D eigenvalue weighted by Crippen LogP contribution is 2.27. The second-order valence-electron chi connectivity index (χ2n) is 7.42. The predicted molar refractivity (Wildman–Crippen MR) is 111 cm³/mol. The van der Waals surface area contributed by atoms with E-state index in [4.69, 9.17) is 0 Å². The number of non-ortho nitro benzene ring substituents is 1. The van der Waals surface area contributed by atoms with Gasteiger partial charge in [0.25, 0.3) is 11.8 Å². The molecule has 2 N–H and O–H groups in total. The Morgan fingerprint density at radius 2 is 1.58 bits per heavy atom. The van der Waals surface area contributed by atoms with Crippen LogP contribution in [-0.2, 0) is 0 Å². The number of aromatic nitrogens is 2. The Balaban J connectivity index is 1.53. The van der Waals surface area contributed by atoms with Crippen LogP contribution in [0.5, 0.6) is 11.5 Å². The number of nitrogens with zero attached hydrogens (tertiary/aromatic N) is 5. The number of carbonyl (C=O) groups is 2. The fraction of sp³-hybridized carbons (Fsp3) is 0.250. The molecule has 33 heavy (non-hydrogen) atoms. The maximum absolute atomic E-state index is 13.0. The van der Waals surface area contributed by atoms with Crippen LogP contribution >= 0.6 is 0 Å². The van der Waals surface area contributed by atoms with Crippen molar-refractivity contribution in [2.45, 2.75) is 6.92 Å². The molecule has 0 spiro atoms. The first kappa shape index (κ1) is 21.7. The van der Waals surface area contributed by atoms with Gasteiger partial charge < -0.3 is 20.0 Å². The van der Waals surface area contributed by atoms with Gasteiger partial charge >= 0.3 is 5.69 Å². The first-order chi connectivity index (χ1) is 15.7. The molecule has 1 aliphatic rings. The van der Waals surface area contributed by atoms with E-state index >= 15 is 0 Å². The molecule has 1 saturated heterocycles. The maximum Gasteiger partial charge on any atom is 0.300 e. The second-order valence-corrected chi connectivity index (χ2v) is 7.42. The molecule has 0 unspecified atom stereocenters. The van der Waals surface area contributed by atoms with E-state index in [0.717, 1.165) is 18.2 Å². The first-order valence-electron chi connectivity index (χ1n) is 9.74. The monoisotopic (exact) mass is 455 g/mol. The highest BCUT2D eigenvalue weighted by molar-refractivity contribution is 6.06. The minimum atomic E-state index is -0.843. The van der Waals surface area contributed by atoms with Crippen molar-refractivity contribution >= 4 is 28.5 Å². The highest BCUT2D eigenvalue weighted by Gasteiger charge is 2.30. The summed E-state index contributed by atoms with van der Waals surface area (Å²) in [5, 5.41) is 37.8. The molecule has 0 bridgehead atoms. The molecular weight excluding hydrogens is 438 g/mol. The predicted octanol–water partition coefficient (Wildman–Crippen LogP) is 0.809. The lowest BCUT2D eigenvalue weighted by Gasteiger charge is -2.35. The van der Waals surface area contributed by atoms with E-state index in [1.54, 1.807) is 0 Å². The van der Waals surface area contributed by atoms with Gasteiger partial charge in [-0.25, -0.2) is 4.63 Å². The molecule has 0 atom stereocenters. The molecule has 1 fully saturated rings. The van der Waals surface area contributed by atoms with E-state index in [1.807, 2.05) is 0 Å². The molecule has 2 heterocycles. The van der Waals surface area contributed by atoms with Gasteiger partial charge in [0.15, 0.2) is 11.3 Å². The van der Waals surface area contributed by atoms with Crippen LogP contribution in [0.3, 0.4) is 0 Å². The average Bonchev–Trinajstić information content (AvgIpc) is 3.26. The SMILES string of the molecule is Cc1cc(=O)c(O)c(O)cc1C(=O)N1CCN(C(=O)c2ccc([N+](=O)[O-])c3nonc23)CC1. The quantitative estimate of drug-likeness (QED) is 0.424. The third-order valence-corrected chi connectivity index (χ3v) is 5.44. The molecule has 3 aromatic rings. The molecule has 2 amide bonds. The number of nitro groups is 1. The highest BCUT2D eigenvalue weighted by atomic mass is 16.6. The Morgan fingerprint density at radius 3 is 2.18 bits per heavy atom. The standard InChI is InChI=1S/C20H17N5O8/c1-10-8-14(26)18(28)15(27)9-12(10)20(30)24-6-4-23(5-7-24)19(29)11-2-3-13(25(31)32)17-16(11)21-33-22-17/h2-3,8-9H,4-7H2,1H3,(H2,26,27,28). The number of carbonyl (C=O) groups excluding carboxylic acids is 2. The van der Waals surface area contributed by atoms with Gasteiger partial charge in [0.2, 0.25) is 16.7 Å². The number of fused-ring (bicyclic) bond motifs is 1. The molecule has 2 aromatic carbocycles. The summed E-state index contributed by atoms with van der Waals surface area (Å²) in [5.41, 5.74) is -0.875. The minimum Gasteiger partial charge on any atom is -0.504 e. The number of aryl methyl sites for hydroxylation is 1. The number of nitro benzene ring substituents is 1. The lowest BCUT2D eigenvalue weighted by Crippen LogP contribution is -2.50. The van der Waals surface area contributed by atoms with Crippen molar-refractivity contribution in [3.8, 4) is 11.5 Å². The average molecular weight is 455 g/mol. The zero-order valence-electron chi connectivity index (χ0n) is 17.2. The van der Waals surface area contributed by atoms with Crippen molar-refractivity contribution in [3.05, 3.63) is 61.3 Å². The van der Waals surface area contributed by atoms with Crippen LogP contribution in [0.2, 0.25) is 0 Å². The number of hydrogen-bond acceptors (Lipinski definition) is 10. The molecule has 0 saturated carbocycles. The van der Waals surface area contributed by atoms with Crippen molar-refractivity contribution in [2.24, 2.45) is 0 Å². The van der Waals surface area contributed by atoms with Gasteiger partial charge in [-0.2, -0.15) is 0 Å². The van der Waals surface area contributed by atoms with Crippen LogP contribution < -0.4 is 5.43 Å². The lowest BCUT2D eigenvalue weighted by atomic mass is 10.1. The Hall–Kier alpha value is -4.55. The fourth-order valence-electron chi connectivity index (χ4n) is 3.64. The third-order valence-electron chi connectivity index (χ3n) is 5.44. The number of amides is 2. The van der Waals surface area contributed by atoms with Crippen LogP contribution in [-0.4, -0.2) is 73.2 Å². The summed E-state index contributed by atoms with van der Waals surface area (Å²) >= 11 is 0. The van der Waals surface area contributed by atoms with E-state index in [-0.39, 0.29) is 59.6 Å². The van der Waals surface area contributed by atoms with Gasteiger partial charge in [-0.05, 0) is 41.0 Å². The van der Waals surface area contributed by atoms with Gasteiger partial charge in [0, 0.05) is 37.8 Å². The Morgan fingerprint density at radius 1 is 1.00 bits per heavy atom. The molecule has 1 aromatic heterocycles. The fourth-order valence-corrected chi connectivity index (χ4v) is 3.64. The Kier molecular flexibility index (Phi) is 5.37. The van der Waals surface area contributed by atoms with E-state index in [9.17, 15) is 34.7 Å². The van der Waals surface area contributed by atoms with Crippen molar-refractivity contribution in [2.75, 3.05) is 26.2 Å². The molecular formula is C20H17N5O8. The number of benzene rings is 1. The second kappa shape index (κ2) is 8.18. The minimum absolute atomic E-state index is 0.0242. The van der Waals surface area contributed by atoms with Gasteiger partial charge in [-0.3, -0.25) is 24.5 Å². The van der Waals surface area contributed by atoms with Crippen LogP contribution in [0.25, 0.3) is 11.0 Å². The van der Waals surface area contributed by atoms with Crippen molar-refractivity contribution in [3.63, 3.8) is 0 Å². The Labute approximate surface area is 184 Å².